The highest BCUT2D eigenvalue weighted by Crippen LogP contribution is 2.43. The third-order valence-electron chi connectivity index (χ3n) is 4.81. The largest absolute Gasteiger partial charge is 0.507 e. The number of phenolic OH excluding ortho intramolecular Hbond substituents is 1. The van der Waals surface area contributed by atoms with Gasteiger partial charge in [-0.15, -0.1) is 0 Å². The van der Waals surface area contributed by atoms with Crippen molar-refractivity contribution in [2.75, 3.05) is 7.11 Å². The second-order valence-corrected chi connectivity index (χ2v) is 7.14. The summed E-state index contributed by atoms with van der Waals surface area (Å²) in [7, 11) is 1.62. The number of aryl methyl sites for hydroxylation is 1. The first-order valence-corrected chi connectivity index (χ1v) is 9.75. The Morgan fingerprint density at radius 3 is 2.53 bits per heavy atom. The highest BCUT2D eigenvalue weighted by Gasteiger charge is 2.22. The van der Waals surface area contributed by atoms with Crippen LogP contribution in [0, 0.1) is 6.92 Å². The van der Waals surface area contributed by atoms with E-state index in [2.05, 4.69) is 5.16 Å². The molecule has 152 valence electrons. The van der Waals surface area contributed by atoms with E-state index in [9.17, 15) is 5.11 Å². The van der Waals surface area contributed by atoms with Crippen molar-refractivity contribution >= 4 is 11.6 Å². The molecule has 0 aliphatic carbocycles. The number of phenols is 1. The number of ether oxygens (including phenoxy) is 2. The van der Waals surface area contributed by atoms with Gasteiger partial charge in [-0.2, -0.15) is 0 Å². The molecule has 1 N–H and O–H groups in total. The third kappa shape index (κ3) is 3.84. The topological polar surface area (TPSA) is 64.7 Å². The van der Waals surface area contributed by atoms with E-state index in [1.54, 1.807) is 25.3 Å². The van der Waals surface area contributed by atoms with E-state index in [4.69, 9.17) is 25.6 Å². The molecule has 3 aromatic carbocycles. The Kier molecular flexibility index (Phi) is 5.63. The minimum atomic E-state index is 0.0268. The van der Waals surface area contributed by atoms with Gasteiger partial charge in [-0.25, -0.2) is 0 Å². The minimum absolute atomic E-state index is 0.0268. The molecule has 5 nitrogen and oxygen atoms in total. The zero-order valence-electron chi connectivity index (χ0n) is 16.6. The normalized spacial score (nSPS) is 10.8. The van der Waals surface area contributed by atoms with Crippen LogP contribution in [0.15, 0.2) is 71.3 Å². The number of methoxy groups -OCH3 is 1. The number of aromatic hydroxyl groups is 1. The first kappa shape index (κ1) is 19.9. The van der Waals surface area contributed by atoms with Crippen molar-refractivity contribution in [1.82, 2.24) is 5.16 Å². The number of nitrogens with zero attached hydrogens (tertiary/aromatic N) is 1. The number of hydrogen-bond donors (Lipinski definition) is 1. The average Bonchev–Trinajstić information content (AvgIpc) is 3.14. The molecule has 1 aromatic heterocycles. The van der Waals surface area contributed by atoms with Crippen LogP contribution in [0.25, 0.3) is 22.5 Å². The van der Waals surface area contributed by atoms with Gasteiger partial charge in [-0.3, -0.25) is 0 Å². The zero-order valence-corrected chi connectivity index (χ0v) is 17.3. The lowest BCUT2D eigenvalue weighted by atomic mass is 9.98. The second kappa shape index (κ2) is 8.51. The number of rotatable bonds is 6. The van der Waals surface area contributed by atoms with Crippen molar-refractivity contribution in [2.24, 2.45) is 0 Å². The molecule has 0 saturated heterocycles. The lowest BCUT2D eigenvalue weighted by molar-refractivity contribution is 0.304. The molecule has 0 atom stereocenters. The van der Waals surface area contributed by atoms with Crippen LogP contribution in [0.3, 0.4) is 0 Å². The summed E-state index contributed by atoms with van der Waals surface area (Å²) in [5.74, 6) is 1.71. The standard InChI is InChI=1S/C24H20ClNO4/c1-15-23(19-8-4-6-10-22(19)28-2)24(30-26-15)18-12-11-17(13-21(18)27)29-14-16-7-3-5-9-20(16)25/h3-13,27H,14H2,1-2H3. The lowest BCUT2D eigenvalue weighted by Crippen LogP contribution is -1.96. The molecule has 6 heteroatoms. The molecule has 0 aliphatic heterocycles. The molecule has 4 aromatic rings. The predicted octanol–water partition coefficient (Wildman–Crippen LogP) is 6.26. The molecule has 4 rings (SSSR count). The average molecular weight is 422 g/mol. The van der Waals surface area contributed by atoms with Gasteiger partial charge in [0, 0.05) is 22.2 Å². The summed E-state index contributed by atoms with van der Waals surface area (Å²) >= 11 is 6.17. The van der Waals surface area contributed by atoms with E-state index in [1.165, 1.54) is 0 Å². The maximum Gasteiger partial charge on any atom is 0.178 e. The Labute approximate surface area is 179 Å². The van der Waals surface area contributed by atoms with Crippen molar-refractivity contribution in [3.05, 3.63) is 83.0 Å². The SMILES string of the molecule is COc1ccccc1-c1c(C)noc1-c1ccc(OCc2ccccc2Cl)cc1O. The maximum atomic E-state index is 10.7. The van der Waals surface area contributed by atoms with E-state index in [0.717, 1.165) is 16.7 Å². The molecule has 0 unspecified atom stereocenters. The van der Waals surface area contributed by atoms with Crippen LogP contribution in [-0.4, -0.2) is 17.4 Å². The Bertz CT molecular complexity index is 1190. The van der Waals surface area contributed by atoms with Crippen molar-refractivity contribution < 1.29 is 19.1 Å². The predicted molar refractivity (Wildman–Crippen MR) is 116 cm³/mol. The van der Waals surface area contributed by atoms with Gasteiger partial charge in [-0.05, 0) is 31.2 Å². The fourth-order valence-corrected chi connectivity index (χ4v) is 3.48. The summed E-state index contributed by atoms with van der Waals surface area (Å²) in [6, 6.07) is 20.2. The molecular formula is C24H20ClNO4. The third-order valence-corrected chi connectivity index (χ3v) is 5.17. The number of aromatic nitrogens is 1. The van der Waals surface area contributed by atoms with Gasteiger partial charge >= 0.3 is 0 Å². The Morgan fingerprint density at radius 2 is 1.77 bits per heavy atom. The van der Waals surface area contributed by atoms with Crippen molar-refractivity contribution in [1.29, 1.82) is 0 Å². The fraction of sp³-hybridized carbons (Fsp3) is 0.125. The summed E-state index contributed by atoms with van der Waals surface area (Å²) in [5.41, 5.74) is 3.70. The molecule has 0 spiro atoms. The lowest BCUT2D eigenvalue weighted by Gasteiger charge is -2.11. The van der Waals surface area contributed by atoms with Gasteiger partial charge in [0.25, 0.3) is 0 Å². The van der Waals surface area contributed by atoms with Gasteiger partial charge < -0.3 is 19.1 Å². The van der Waals surface area contributed by atoms with Gasteiger partial charge in [0.05, 0.1) is 23.9 Å². The highest BCUT2D eigenvalue weighted by atomic mass is 35.5. The first-order valence-electron chi connectivity index (χ1n) is 9.37. The van der Waals surface area contributed by atoms with Gasteiger partial charge in [0.2, 0.25) is 0 Å². The zero-order chi connectivity index (χ0) is 21.1. The van der Waals surface area contributed by atoms with E-state index in [-0.39, 0.29) is 5.75 Å². The molecule has 0 bridgehead atoms. The number of benzene rings is 3. The summed E-state index contributed by atoms with van der Waals surface area (Å²) in [6.07, 6.45) is 0. The molecule has 0 fully saturated rings. The first-order chi connectivity index (χ1) is 14.6. The van der Waals surface area contributed by atoms with Crippen LogP contribution in [0.4, 0.5) is 0 Å². The molecule has 0 amide bonds. The Hall–Kier alpha value is -3.44. The smallest absolute Gasteiger partial charge is 0.178 e. The maximum absolute atomic E-state index is 10.7. The van der Waals surface area contributed by atoms with Crippen molar-refractivity contribution in [3.63, 3.8) is 0 Å². The Balaban J connectivity index is 1.65. The molecular weight excluding hydrogens is 402 g/mol. The summed E-state index contributed by atoms with van der Waals surface area (Å²) in [6.45, 7) is 2.15. The van der Waals surface area contributed by atoms with Crippen LogP contribution in [-0.2, 0) is 6.61 Å². The fourth-order valence-electron chi connectivity index (χ4n) is 3.29. The quantitative estimate of drug-likeness (QED) is 0.397. The molecule has 0 aliphatic rings. The summed E-state index contributed by atoms with van der Waals surface area (Å²) < 4.78 is 16.9. The van der Waals surface area contributed by atoms with Gasteiger partial charge in [0.15, 0.2) is 5.76 Å². The number of para-hydroxylation sites is 1. The van der Waals surface area contributed by atoms with Crippen LogP contribution in [0.2, 0.25) is 5.02 Å². The van der Waals surface area contributed by atoms with Gasteiger partial charge in [-0.1, -0.05) is 53.2 Å². The molecule has 1 heterocycles. The molecule has 0 saturated carbocycles. The van der Waals surface area contributed by atoms with Crippen LogP contribution in [0.1, 0.15) is 11.3 Å². The highest BCUT2D eigenvalue weighted by molar-refractivity contribution is 6.31. The van der Waals surface area contributed by atoms with Crippen LogP contribution >= 0.6 is 11.6 Å². The van der Waals surface area contributed by atoms with Crippen molar-refractivity contribution in [3.8, 4) is 39.7 Å². The van der Waals surface area contributed by atoms with E-state index in [1.807, 2.05) is 55.5 Å². The van der Waals surface area contributed by atoms with E-state index >= 15 is 0 Å². The molecule has 0 radical (unpaired) electrons. The summed E-state index contributed by atoms with van der Waals surface area (Å²) in [5, 5.41) is 15.4. The number of hydrogen-bond acceptors (Lipinski definition) is 5. The monoisotopic (exact) mass is 421 g/mol. The van der Waals surface area contributed by atoms with Crippen molar-refractivity contribution in [2.45, 2.75) is 13.5 Å². The van der Waals surface area contributed by atoms with E-state index < -0.39 is 0 Å². The van der Waals surface area contributed by atoms with Crippen LogP contribution in [0.5, 0.6) is 17.2 Å². The van der Waals surface area contributed by atoms with Crippen LogP contribution < -0.4 is 9.47 Å². The van der Waals surface area contributed by atoms with Gasteiger partial charge in [0.1, 0.15) is 23.9 Å². The number of halogens is 1. The second-order valence-electron chi connectivity index (χ2n) is 6.73. The Morgan fingerprint density at radius 1 is 1.00 bits per heavy atom. The van der Waals surface area contributed by atoms with E-state index in [0.29, 0.717) is 40.1 Å². The molecule has 30 heavy (non-hydrogen) atoms. The summed E-state index contributed by atoms with van der Waals surface area (Å²) in [4.78, 5) is 0. The minimum Gasteiger partial charge on any atom is -0.507 e.